The number of sulfonamides is 1. The van der Waals surface area contributed by atoms with Crippen LogP contribution in [0.2, 0.25) is 0 Å². The predicted molar refractivity (Wildman–Crippen MR) is 79.7 cm³/mol. The maximum atomic E-state index is 13.8. The van der Waals surface area contributed by atoms with Crippen LogP contribution < -0.4 is 4.72 Å². The summed E-state index contributed by atoms with van der Waals surface area (Å²) >= 11 is 0. The van der Waals surface area contributed by atoms with E-state index in [1.54, 1.807) is 0 Å². The van der Waals surface area contributed by atoms with Crippen LogP contribution in [0.4, 0.5) is 74.6 Å². The number of nitrogens with one attached hydrogen (secondary N) is 1. The topological polar surface area (TPSA) is 63.2 Å². The summed E-state index contributed by atoms with van der Waals surface area (Å²) in [4.78, 5) is 11.6. The first-order chi connectivity index (χ1) is 15.5. The Bertz CT molecular complexity index is 950. The Morgan fingerprint density at radius 2 is 0.861 bits per heavy atom. The van der Waals surface area contributed by atoms with Crippen LogP contribution in [0.5, 0.6) is 0 Å². The largest absolute Gasteiger partial charge is 0.460 e. The first kappa shape index (κ1) is 32.3. The lowest BCUT2D eigenvalue weighted by Gasteiger charge is -2.42. The summed E-state index contributed by atoms with van der Waals surface area (Å²) in [5, 5.41) is -7.74. The number of halogens is 17. The molecule has 0 heterocycles. The highest BCUT2D eigenvalue weighted by atomic mass is 32.2. The minimum Gasteiger partial charge on any atom is -0.274 e. The highest BCUT2D eigenvalue weighted by Crippen LogP contribution is 2.64. The second-order valence-electron chi connectivity index (χ2n) is 7.41. The number of amides is 1. The Morgan fingerprint density at radius 1 is 0.556 bits per heavy atom. The second-order valence-corrected chi connectivity index (χ2v) is 9.14. The Kier molecular flexibility index (Phi) is 7.74. The van der Waals surface area contributed by atoms with Gasteiger partial charge >= 0.3 is 57.0 Å². The molecule has 1 rings (SSSR count). The molecule has 0 spiro atoms. The zero-order valence-corrected chi connectivity index (χ0v) is 17.3. The average molecular weight is 595 g/mol. The van der Waals surface area contributed by atoms with Crippen LogP contribution in [-0.2, 0) is 14.8 Å². The summed E-state index contributed by atoms with van der Waals surface area (Å²) < 4.78 is 247. The molecule has 1 aliphatic carbocycles. The molecule has 0 aromatic carbocycles. The Balaban J connectivity index is 3.60. The zero-order chi connectivity index (χ0) is 29.2. The molecule has 0 bridgehead atoms. The molecule has 0 atom stereocenters. The van der Waals surface area contributed by atoms with Crippen molar-refractivity contribution >= 4 is 15.9 Å². The molecular formula is C14H10F17NO3S. The smallest absolute Gasteiger partial charge is 0.274 e. The summed E-state index contributed by atoms with van der Waals surface area (Å²) in [6, 6.07) is 0. The van der Waals surface area contributed by atoms with Crippen molar-refractivity contribution in [2.24, 2.45) is 5.92 Å². The van der Waals surface area contributed by atoms with E-state index in [1.807, 2.05) is 0 Å². The van der Waals surface area contributed by atoms with Crippen LogP contribution in [0.1, 0.15) is 25.7 Å². The van der Waals surface area contributed by atoms with E-state index in [2.05, 4.69) is 0 Å². The van der Waals surface area contributed by atoms with Crippen LogP contribution in [0.15, 0.2) is 0 Å². The monoisotopic (exact) mass is 595 g/mol. The van der Waals surface area contributed by atoms with Crippen molar-refractivity contribution < 1.29 is 87.8 Å². The molecule has 0 unspecified atom stereocenters. The van der Waals surface area contributed by atoms with E-state index >= 15 is 0 Å². The van der Waals surface area contributed by atoms with Crippen molar-refractivity contribution in [3.8, 4) is 0 Å². The molecule has 1 fully saturated rings. The molecule has 214 valence electrons. The highest BCUT2D eigenvalue weighted by molar-refractivity contribution is 7.91. The summed E-state index contributed by atoms with van der Waals surface area (Å²) in [5.41, 5.74) is 0. The number of hydrogen-bond donors (Lipinski definition) is 1. The molecule has 0 radical (unpaired) electrons. The fourth-order valence-corrected chi connectivity index (χ4v) is 3.81. The van der Waals surface area contributed by atoms with Gasteiger partial charge in [-0.25, -0.2) is 4.72 Å². The molecule has 1 amide bonds. The lowest BCUT2D eigenvalue weighted by molar-refractivity contribution is -0.458. The molecule has 0 saturated heterocycles. The van der Waals surface area contributed by atoms with E-state index in [0.717, 1.165) is 0 Å². The summed E-state index contributed by atoms with van der Waals surface area (Å²) in [5.74, 6) is -55.6. The van der Waals surface area contributed by atoms with Gasteiger partial charge in [0.25, 0.3) is 0 Å². The minimum atomic E-state index is -8.91. The van der Waals surface area contributed by atoms with E-state index in [9.17, 15) is 87.8 Å². The first-order valence-corrected chi connectivity index (χ1v) is 10.2. The van der Waals surface area contributed by atoms with Gasteiger partial charge in [0.2, 0.25) is 5.91 Å². The summed E-state index contributed by atoms with van der Waals surface area (Å²) in [6.07, 6.45) is -8.16. The maximum Gasteiger partial charge on any atom is 0.460 e. The van der Waals surface area contributed by atoms with Gasteiger partial charge in [-0.2, -0.15) is 83.1 Å². The number of rotatable bonds is 9. The van der Waals surface area contributed by atoms with E-state index in [-0.39, 0.29) is 30.4 Å². The molecule has 0 aliphatic heterocycles. The molecule has 1 aliphatic rings. The summed E-state index contributed by atoms with van der Waals surface area (Å²) in [6.45, 7) is 0. The normalized spacial score (nSPS) is 18.5. The quantitative estimate of drug-likeness (QED) is 0.354. The SMILES string of the molecule is O=C(NS(=O)(=O)C(F)(F)C(F)(F)C(F)(F)C(F)(F)C(F)(F)C(F)(F)C(F)(F)C(F)(F)F)C1CCCC1. The maximum absolute atomic E-state index is 13.8. The Morgan fingerprint density at radius 3 is 1.19 bits per heavy atom. The predicted octanol–water partition coefficient (Wildman–Crippen LogP) is 5.59. The molecule has 0 aromatic rings. The van der Waals surface area contributed by atoms with Crippen LogP contribution >= 0.6 is 0 Å². The van der Waals surface area contributed by atoms with Crippen LogP contribution in [0.25, 0.3) is 0 Å². The fraction of sp³-hybridized carbons (Fsp3) is 0.929. The van der Waals surface area contributed by atoms with Gasteiger partial charge in [0.05, 0.1) is 0 Å². The molecule has 4 nitrogen and oxygen atoms in total. The second kappa shape index (κ2) is 8.63. The van der Waals surface area contributed by atoms with Crippen molar-refractivity contribution in [3.63, 3.8) is 0 Å². The van der Waals surface area contributed by atoms with Gasteiger partial charge in [-0.05, 0) is 12.8 Å². The molecular weight excluding hydrogens is 585 g/mol. The Hall–Kier alpha value is -1.77. The average Bonchev–Trinajstić information content (AvgIpc) is 3.20. The van der Waals surface area contributed by atoms with Crippen molar-refractivity contribution in [1.29, 1.82) is 0 Å². The standard InChI is InChI=1S/C14H10F17NO3S/c15-7(16,9(19,20)11(23,24)13(27,28)29)8(17,18)10(21,22)12(25,26)14(30,31)36(34,35)32-6(33)5-3-1-2-4-5/h5H,1-4H2,(H,32,33). The van der Waals surface area contributed by atoms with Gasteiger partial charge in [0.15, 0.2) is 0 Å². The van der Waals surface area contributed by atoms with E-state index in [1.165, 1.54) is 0 Å². The highest BCUT2D eigenvalue weighted by Gasteiger charge is 2.96. The van der Waals surface area contributed by atoms with E-state index in [4.69, 9.17) is 0 Å². The lowest BCUT2D eigenvalue weighted by atomic mass is 9.91. The molecule has 1 saturated carbocycles. The molecule has 1 N–H and O–H groups in total. The third-order valence-corrected chi connectivity index (χ3v) is 6.39. The van der Waals surface area contributed by atoms with Gasteiger partial charge in [-0.15, -0.1) is 0 Å². The number of alkyl halides is 17. The lowest BCUT2D eigenvalue weighted by Crippen LogP contribution is -2.75. The van der Waals surface area contributed by atoms with Gasteiger partial charge in [0, 0.05) is 5.92 Å². The van der Waals surface area contributed by atoms with Crippen molar-refractivity contribution in [2.45, 2.75) is 72.6 Å². The van der Waals surface area contributed by atoms with Crippen LogP contribution in [0.3, 0.4) is 0 Å². The summed E-state index contributed by atoms with van der Waals surface area (Å²) in [7, 11) is -7.59. The third-order valence-electron chi connectivity index (χ3n) is 4.99. The molecule has 22 heteroatoms. The van der Waals surface area contributed by atoms with Gasteiger partial charge in [-0.3, -0.25) is 4.79 Å². The first-order valence-electron chi connectivity index (χ1n) is 8.76. The van der Waals surface area contributed by atoms with Gasteiger partial charge in [-0.1, -0.05) is 12.8 Å². The van der Waals surface area contributed by atoms with Crippen LogP contribution in [0, 0.1) is 5.92 Å². The Labute approximate surface area is 188 Å². The minimum absolute atomic E-state index is 0.102. The fourth-order valence-electron chi connectivity index (χ4n) is 2.79. The van der Waals surface area contributed by atoms with Crippen molar-refractivity contribution in [2.75, 3.05) is 0 Å². The number of carbonyl (C=O) groups excluding carboxylic acids is 1. The molecule has 36 heavy (non-hydrogen) atoms. The van der Waals surface area contributed by atoms with Crippen LogP contribution in [-0.4, -0.2) is 61.3 Å². The zero-order valence-electron chi connectivity index (χ0n) is 16.5. The van der Waals surface area contributed by atoms with E-state index in [0.29, 0.717) is 0 Å². The van der Waals surface area contributed by atoms with Crippen molar-refractivity contribution in [1.82, 2.24) is 4.72 Å². The van der Waals surface area contributed by atoms with Gasteiger partial charge < -0.3 is 0 Å². The van der Waals surface area contributed by atoms with E-state index < -0.39 is 68.8 Å². The third kappa shape index (κ3) is 4.23. The number of carbonyl (C=O) groups is 1. The number of hydrogen-bond acceptors (Lipinski definition) is 3. The van der Waals surface area contributed by atoms with Crippen molar-refractivity contribution in [3.05, 3.63) is 0 Å². The molecule has 0 aromatic heterocycles. The van der Waals surface area contributed by atoms with Gasteiger partial charge in [0.1, 0.15) is 0 Å².